The minimum atomic E-state index is -0.771. The molecule has 1 unspecified atom stereocenters. The molecule has 1 atom stereocenters. The predicted octanol–water partition coefficient (Wildman–Crippen LogP) is 4.35. The van der Waals surface area contributed by atoms with Crippen LogP contribution in [0.3, 0.4) is 0 Å². The van der Waals surface area contributed by atoms with Crippen molar-refractivity contribution in [2.75, 3.05) is 6.54 Å². The lowest BCUT2D eigenvalue weighted by atomic mass is 10.0. The van der Waals surface area contributed by atoms with E-state index < -0.39 is 11.6 Å². The molecule has 0 spiro atoms. The van der Waals surface area contributed by atoms with Crippen molar-refractivity contribution in [1.82, 2.24) is 5.32 Å². The number of nitrogens with one attached hydrogen (secondary N) is 1. The maximum absolute atomic E-state index is 13.8. The van der Waals surface area contributed by atoms with Crippen LogP contribution < -0.4 is 5.32 Å². The number of rotatable bonds is 7. The van der Waals surface area contributed by atoms with Crippen molar-refractivity contribution in [3.8, 4) is 0 Å². The lowest BCUT2D eigenvalue weighted by Gasteiger charge is -2.17. The second-order valence-electron chi connectivity index (χ2n) is 5.10. The largest absolute Gasteiger partial charge is 0.314 e. The number of aryl methyl sites for hydroxylation is 1. The molecule has 0 bridgehead atoms. The van der Waals surface area contributed by atoms with Crippen LogP contribution in [0.2, 0.25) is 0 Å². The highest BCUT2D eigenvalue weighted by molar-refractivity contribution is 7.11. The number of likely N-dealkylation sites (N-methyl/N-ethyl adjacent to an activating group) is 1. The van der Waals surface area contributed by atoms with Gasteiger partial charge in [-0.25, -0.2) is 8.78 Å². The molecule has 1 N–H and O–H groups in total. The molecule has 1 nitrogen and oxygen atoms in total. The van der Waals surface area contributed by atoms with Crippen LogP contribution in [0.25, 0.3) is 0 Å². The average molecular weight is 309 g/mol. The minimum Gasteiger partial charge on any atom is -0.314 e. The van der Waals surface area contributed by atoms with Gasteiger partial charge in [-0.3, -0.25) is 0 Å². The van der Waals surface area contributed by atoms with E-state index in [2.05, 4.69) is 24.4 Å². The molecule has 1 heterocycles. The van der Waals surface area contributed by atoms with E-state index in [1.807, 2.05) is 6.92 Å². The highest BCUT2D eigenvalue weighted by Crippen LogP contribution is 2.20. The summed E-state index contributed by atoms with van der Waals surface area (Å²) in [6.45, 7) is 4.98. The number of hydrogen-bond donors (Lipinski definition) is 1. The summed E-state index contributed by atoms with van der Waals surface area (Å²) >= 11 is 1.80. The summed E-state index contributed by atoms with van der Waals surface area (Å²) in [7, 11) is 0. The van der Waals surface area contributed by atoms with Crippen molar-refractivity contribution >= 4 is 11.3 Å². The fourth-order valence-corrected chi connectivity index (χ4v) is 3.48. The first-order valence-corrected chi connectivity index (χ1v) is 8.19. The van der Waals surface area contributed by atoms with Crippen molar-refractivity contribution in [2.45, 2.75) is 39.2 Å². The van der Waals surface area contributed by atoms with E-state index in [1.165, 1.54) is 9.75 Å². The van der Waals surface area contributed by atoms with Gasteiger partial charge in [0.1, 0.15) is 0 Å². The SMILES string of the molecule is CCNC(Cc1ccc(CC)s1)Cc1cccc(F)c1F. The van der Waals surface area contributed by atoms with Gasteiger partial charge in [0.05, 0.1) is 0 Å². The van der Waals surface area contributed by atoms with Crippen LogP contribution in [0.5, 0.6) is 0 Å². The maximum Gasteiger partial charge on any atom is 0.162 e. The normalized spacial score (nSPS) is 12.6. The van der Waals surface area contributed by atoms with Crippen molar-refractivity contribution in [3.63, 3.8) is 0 Å². The van der Waals surface area contributed by atoms with Crippen LogP contribution in [0.15, 0.2) is 30.3 Å². The maximum atomic E-state index is 13.8. The Hall–Kier alpha value is -1.26. The first-order valence-electron chi connectivity index (χ1n) is 7.37. The molecule has 21 heavy (non-hydrogen) atoms. The number of halogens is 2. The van der Waals surface area contributed by atoms with Gasteiger partial charge in [0.15, 0.2) is 11.6 Å². The quantitative estimate of drug-likeness (QED) is 0.801. The van der Waals surface area contributed by atoms with E-state index in [-0.39, 0.29) is 6.04 Å². The summed E-state index contributed by atoms with van der Waals surface area (Å²) in [4.78, 5) is 2.65. The summed E-state index contributed by atoms with van der Waals surface area (Å²) in [5.74, 6) is -1.49. The summed E-state index contributed by atoms with van der Waals surface area (Å²) < 4.78 is 27.1. The van der Waals surface area contributed by atoms with E-state index in [4.69, 9.17) is 0 Å². The highest BCUT2D eigenvalue weighted by atomic mass is 32.1. The Labute approximate surface area is 129 Å². The van der Waals surface area contributed by atoms with Crippen molar-refractivity contribution in [3.05, 3.63) is 57.3 Å². The fraction of sp³-hybridized carbons (Fsp3) is 0.412. The molecule has 1 aromatic carbocycles. The molecule has 4 heteroatoms. The second kappa shape index (κ2) is 7.66. The van der Waals surface area contributed by atoms with Gasteiger partial charge in [0, 0.05) is 15.8 Å². The number of thiophene rings is 1. The van der Waals surface area contributed by atoms with E-state index in [0.29, 0.717) is 12.0 Å². The third kappa shape index (κ3) is 4.35. The first kappa shape index (κ1) is 16.1. The van der Waals surface area contributed by atoms with Gasteiger partial charge in [0.25, 0.3) is 0 Å². The Morgan fingerprint density at radius 1 is 1.05 bits per heavy atom. The first-order chi connectivity index (χ1) is 10.1. The fourth-order valence-electron chi connectivity index (χ4n) is 2.44. The zero-order valence-corrected chi connectivity index (χ0v) is 13.3. The van der Waals surface area contributed by atoms with E-state index >= 15 is 0 Å². The molecule has 0 aliphatic carbocycles. The molecule has 0 aliphatic heterocycles. The van der Waals surface area contributed by atoms with Gasteiger partial charge in [-0.05, 0) is 49.6 Å². The molecule has 114 valence electrons. The molecular weight excluding hydrogens is 288 g/mol. The Balaban J connectivity index is 2.09. The molecule has 1 aromatic heterocycles. The van der Waals surface area contributed by atoms with Gasteiger partial charge in [0.2, 0.25) is 0 Å². The van der Waals surface area contributed by atoms with Gasteiger partial charge in [-0.1, -0.05) is 26.0 Å². The average Bonchev–Trinajstić information content (AvgIpc) is 2.92. The molecular formula is C17H21F2NS. The summed E-state index contributed by atoms with van der Waals surface area (Å²) in [6.07, 6.45) is 2.38. The standard InChI is InChI=1S/C17H21F2NS/c1-3-14-8-9-15(21-14)11-13(20-4-2)10-12-6-5-7-16(18)17(12)19/h5-9,13,20H,3-4,10-11H2,1-2H3. The lowest BCUT2D eigenvalue weighted by Crippen LogP contribution is -2.33. The Morgan fingerprint density at radius 2 is 1.81 bits per heavy atom. The molecule has 2 rings (SSSR count). The number of benzene rings is 1. The monoisotopic (exact) mass is 309 g/mol. The second-order valence-corrected chi connectivity index (χ2v) is 6.35. The van der Waals surface area contributed by atoms with Crippen LogP contribution in [0.1, 0.15) is 29.2 Å². The van der Waals surface area contributed by atoms with Gasteiger partial charge in [-0.2, -0.15) is 0 Å². The van der Waals surface area contributed by atoms with Crippen LogP contribution in [-0.2, 0) is 19.3 Å². The molecule has 0 amide bonds. The zero-order chi connectivity index (χ0) is 15.2. The lowest BCUT2D eigenvalue weighted by molar-refractivity contribution is 0.475. The number of hydrogen-bond acceptors (Lipinski definition) is 2. The third-order valence-corrected chi connectivity index (χ3v) is 4.76. The van der Waals surface area contributed by atoms with Crippen molar-refractivity contribution in [1.29, 1.82) is 0 Å². The topological polar surface area (TPSA) is 12.0 Å². The van der Waals surface area contributed by atoms with Crippen LogP contribution >= 0.6 is 11.3 Å². The summed E-state index contributed by atoms with van der Waals surface area (Å²) in [6, 6.07) is 8.79. The van der Waals surface area contributed by atoms with Gasteiger partial charge in [-0.15, -0.1) is 11.3 Å². The zero-order valence-electron chi connectivity index (χ0n) is 12.5. The van der Waals surface area contributed by atoms with E-state index in [1.54, 1.807) is 23.5 Å². The summed E-state index contributed by atoms with van der Waals surface area (Å²) in [5.41, 5.74) is 0.438. The minimum absolute atomic E-state index is 0.120. The molecule has 0 radical (unpaired) electrons. The van der Waals surface area contributed by atoms with Gasteiger partial charge >= 0.3 is 0 Å². The van der Waals surface area contributed by atoms with E-state index in [0.717, 1.165) is 25.5 Å². The Morgan fingerprint density at radius 3 is 2.48 bits per heavy atom. The molecule has 0 aliphatic rings. The Bertz CT molecular complexity index is 580. The summed E-state index contributed by atoms with van der Waals surface area (Å²) in [5, 5.41) is 3.37. The van der Waals surface area contributed by atoms with Crippen LogP contribution in [-0.4, -0.2) is 12.6 Å². The molecule has 0 saturated heterocycles. The van der Waals surface area contributed by atoms with Gasteiger partial charge < -0.3 is 5.32 Å². The Kier molecular flexibility index (Phi) is 5.88. The predicted molar refractivity (Wildman–Crippen MR) is 84.9 cm³/mol. The van der Waals surface area contributed by atoms with Crippen molar-refractivity contribution < 1.29 is 8.78 Å². The van der Waals surface area contributed by atoms with Crippen LogP contribution in [0.4, 0.5) is 8.78 Å². The van der Waals surface area contributed by atoms with Crippen molar-refractivity contribution in [2.24, 2.45) is 0 Å². The molecule has 2 aromatic rings. The molecule has 0 fully saturated rings. The van der Waals surface area contributed by atoms with E-state index in [9.17, 15) is 8.78 Å². The molecule has 0 saturated carbocycles. The smallest absolute Gasteiger partial charge is 0.162 e. The van der Waals surface area contributed by atoms with Crippen LogP contribution in [0, 0.1) is 11.6 Å². The third-order valence-electron chi connectivity index (χ3n) is 3.50. The highest BCUT2D eigenvalue weighted by Gasteiger charge is 2.15.